The highest BCUT2D eigenvalue weighted by molar-refractivity contribution is 5.48. The van der Waals surface area contributed by atoms with Gasteiger partial charge in [0.25, 0.3) is 0 Å². The highest BCUT2D eigenvalue weighted by atomic mass is 16.3. The van der Waals surface area contributed by atoms with Crippen molar-refractivity contribution in [3.63, 3.8) is 0 Å². The molecule has 1 unspecified atom stereocenters. The van der Waals surface area contributed by atoms with Gasteiger partial charge in [0.2, 0.25) is 0 Å². The van der Waals surface area contributed by atoms with Crippen LogP contribution in [0.3, 0.4) is 0 Å². The minimum Gasteiger partial charge on any atom is -0.378 e. The highest BCUT2D eigenvalue weighted by Gasteiger charge is 2.04. The summed E-state index contributed by atoms with van der Waals surface area (Å²) in [5.41, 5.74) is 0. The zero-order valence-electron chi connectivity index (χ0n) is 7.29. The maximum absolute atomic E-state index is 9.91. The molecule has 0 heterocycles. The van der Waals surface area contributed by atoms with Crippen LogP contribution in [-0.2, 0) is 4.79 Å². The SMILES string of the molecule is CN(C)C(O)CCCCC=O. The van der Waals surface area contributed by atoms with E-state index in [0.717, 1.165) is 25.5 Å². The van der Waals surface area contributed by atoms with E-state index in [2.05, 4.69) is 0 Å². The first-order chi connectivity index (χ1) is 5.18. The molecule has 0 aromatic heterocycles. The van der Waals surface area contributed by atoms with Crippen molar-refractivity contribution in [1.82, 2.24) is 4.90 Å². The van der Waals surface area contributed by atoms with Crippen LogP contribution in [0.15, 0.2) is 0 Å². The molecule has 0 aliphatic heterocycles. The van der Waals surface area contributed by atoms with Gasteiger partial charge in [0.1, 0.15) is 12.5 Å². The van der Waals surface area contributed by atoms with Crippen LogP contribution in [0.25, 0.3) is 0 Å². The standard InChI is InChI=1S/C8H17NO2/c1-9(2)8(11)6-4-3-5-7-10/h7-8,11H,3-6H2,1-2H3. The van der Waals surface area contributed by atoms with Crippen LogP contribution < -0.4 is 0 Å². The largest absolute Gasteiger partial charge is 0.378 e. The third-order valence-corrected chi connectivity index (χ3v) is 1.63. The molecule has 3 heteroatoms. The zero-order chi connectivity index (χ0) is 8.69. The van der Waals surface area contributed by atoms with Crippen LogP contribution in [-0.4, -0.2) is 36.6 Å². The van der Waals surface area contributed by atoms with Gasteiger partial charge in [-0.05, 0) is 33.4 Å². The minimum atomic E-state index is -0.360. The molecule has 0 bridgehead atoms. The van der Waals surface area contributed by atoms with Crippen LogP contribution in [0.2, 0.25) is 0 Å². The molecule has 0 aliphatic rings. The van der Waals surface area contributed by atoms with Crippen molar-refractivity contribution < 1.29 is 9.90 Å². The Morgan fingerprint density at radius 1 is 1.45 bits per heavy atom. The van der Waals surface area contributed by atoms with Crippen molar-refractivity contribution in [1.29, 1.82) is 0 Å². The summed E-state index contributed by atoms with van der Waals surface area (Å²) in [6.45, 7) is 0. The summed E-state index contributed by atoms with van der Waals surface area (Å²) in [6, 6.07) is 0. The minimum absolute atomic E-state index is 0.360. The van der Waals surface area contributed by atoms with Gasteiger partial charge in [0, 0.05) is 6.42 Å². The second-order valence-electron chi connectivity index (χ2n) is 2.90. The Bertz CT molecular complexity index is 104. The monoisotopic (exact) mass is 159 g/mol. The number of rotatable bonds is 6. The van der Waals surface area contributed by atoms with Crippen molar-refractivity contribution in [2.45, 2.75) is 31.9 Å². The van der Waals surface area contributed by atoms with Gasteiger partial charge in [-0.2, -0.15) is 0 Å². The molecule has 11 heavy (non-hydrogen) atoms. The lowest BCUT2D eigenvalue weighted by Crippen LogP contribution is -2.27. The van der Waals surface area contributed by atoms with Gasteiger partial charge in [0.05, 0.1) is 0 Å². The van der Waals surface area contributed by atoms with E-state index in [1.807, 2.05) is 14.1 Å². The van der Waals surface area contributed by atoms with Gasteiger partial charge in [-0.1, -0.05) is 0 Å². The van der Waals surface area contributed by atoms with E-state index in [9.17, 15) is 9.90 Å². The normalized spacial score (nSPS) is 13.5. The fraction of sp³-hybridized carbons (Fsp3) is 0.875. The fourth-order valence-electron chi connectivity index (χ4n) is 0.813. The smallest absolute Gasteiger partial charge is 0.119 e. The molecule has 0 amide bonds. The molecule has 0 saturated carbocycles. The number of aliphatic hydroxyl groups excluding tert-OH is 1. The highest BCUT2D eigenvalue weighted by Crippen LogP contribution is 2.03. The zero-order valence-corrected chi connectivity index (χ0v) is 7.29. The van der Waals surface area contributed by atoms with Crippen molar-refractivity contribution in [2.75, 3.05) is 14.1 Å². The maximum atomic E-state index is 9.91. The number of aliphatic hydroxyl groups is 1. The maximum Gasteiger partial charge on any atom is 0.119 e. The van der Waals surface area contributed by atoms with Gasteiger partial charge in [-0.3, -0.25) is 4.90 Å². The van der Waals surface area contributed by atoms with E-state index in [-0.39, 0.29) is 6.23 Å². The average molecular weight is 159 g/mol. The lowest BCUT2D eigenvalue weighted by molar-refractivity contribution is -0.108. The number of nitrogens with zero attached hydrogens (tertiary/aromatic N) is 1. The molecule has 3 nitrogen and oxygen atoms in total. The number of carbonyl (C=O) groups is 1. The average Bonchev–Trinajstić information content (AvgIpc) is 1.97. The third-order valence-electron chi connectivity index (χ3n) is 1.63. The van der Waals surface area contributed by atoms with Gasteiger partial charge >= 0.3 is 0 Å². The van der Waals surface area contributed by atoms with E-state index in [0.29, 0.717) is 6.42 Å². The molecule has 0 aromatic rings. The Hall–Kier alpha value is -0.410. The van der Waals surface area contributed by atoms with E-state index in [1.165, 1.54) is 0 Å². The number of unbranched alkanes of at least 4 members (excludes halogenated alkanes) is 2. The van der Waals surface area contributed by atoms with E-state index < -0.39 is 0 Å². The van der Waals surface area contributed by atoms with Crippen molar-refractivity contribution >= 4 is 6.29 Å². The summed E-state index contributed by atoms with van der Waals surface area (Å²) >= 11 is 0. The molecular formula is C8H17NO2. The fourth-order valence-corrected chi connectivity index (χ4v) is 0.813. The molecule has 0 rings (SSSR count). The van der Waals surface area contributed by atoms with Crippen LogP contribution in [0.1, 0.15) is 25.7 Å². The first-order valence-corrected chi connectivity index (χ1v) is 3.96. The Morgan fingerprint density at radius 3 is 2.55 bits per heavy atom. The molecule has 0 spiro atoms. The topological polar surface area (TPSA) is 40.5 Å². The molecule has 0 aliphatic carbocycles. The molecule has 1 atom stereocenters. The molecule has 66 valence electrons. The molecule has 0 aromatic carbocycles. The van der Waals surface area contributed by atoms with Crippen LogP contribution in [0, 0.1) is 0 Å². The van der Waals surface area contributed by atoms with E-state index >= 15 is 0 Å². The van der Waals surface area contributed by atoms with Crippen LogP contribution >= 0.6 is 0 Å². The Kier molecular flexibility index (Phi) is 6.07. The molecule has 0 saturated heterocycles. The Labute approximate surface area is 68.0 Å². The number of hydrogen-bond acceptors (Lipinski definition) is 3. The van der Waals surface area contributed by atoms with Crippen molar-refractivity contribution in [2.24, 2.45) is 0 Å². The summed E-state index contributed by atoms with van der Waals surface area (Å²) in [5.74, 6) is 0. The van der Waals surface area contributed by atoms with Crippen molar-refractivity contribution in [3.05, 3.63) is 0 Å². The van der Waals surface area contributed by atoms with E-state index in [1.54, 1.807) is 4.90 Å². The summed E-state index contributed by atoms with van der Waals surface area (Å²) in [4.78, 5) is 11.7. The summed E-state index contributed by atoms with van der Waals surface area (Å²) in [6.07, 6.45) is 3.72. The number of hydrogen-bond donors (Lipinski definition) is 1. The molecular weight excluding hydrogens is 142 g/mol. The second-order valence-corrected chi connectivity index (χ2v) is 2.90. The first kappa shape index (κ1) is 10.6. The second kappa shape index (κ2) is 6.31. The van der Waals surface area contributed by atoms with Crippen molar-refractivity contribution in [3.8, 4) is 0 Å². The summed E-state index contributed by atoms with van der Waals surface area (Å²) in [5, 5.41) is 9.26. The van der Waals surface area contributed by atoms with Gasteiger partial charge in [0.15, 0.2) is 0 Å². The van der Waals surface area contributed by atoms with E-state index in [4.69, 9.17) is 0 Å². The Morgan fingerprint density at radius 2 is 2.09 bits per heavy atom. The number of aldehydes is 1. The van der Waals surface area contributed by atoms with Crippen LogP contribution in [0.4, 0.5) is 0 Å². The number of carbonyl (C=O) groups excluding carboxylic acids is 1. The van der Waals surface area contributed by atoms with Gasteiger partial charge < -0.3 is 9.90 Å². The molecule has 0 radical (unpaired) electrons. The third kappa shape index (κ3) is 6.01. The molecule has 0 fully saturated rings. The summed E-state index contributed by atoms with van der Waals surface area (Å²) in [7, 11) is 3.68. The van der Waals surface area contributed by atoms with Crippen LogP contribution in [0.5, 0.6) is 0 Å². The quantitative estimate of drug-likeness (QED) is 0.351. The first-order valence-electron chi connectivity index (χ1n) is 3.96. The van der Waals surface area contributed by atoms with Gasteiger partial charge in [-0.15, -0.1) is 0 Å². The molecule has 1 N–H and O–H groups in total. The lowest BCUT2D eigenvalue weighted by atomic mass is 10.2. The summed E-state index contributed by atoms with van der Waals surface area (Å²) < 4.78 is 0. The Balaban J connectivity index is 3.17. The van der Waals surface area contributed by atoms with Gasteiger partial charge in [-0.25, -0.2) is 0 Å². The lowest BCUT2D eigenvalue weighted by Gasteiger charge is -2.17. The predicted molar refractivity (Wildman–Crippen MR) is 44.2 cm³/mol. The predicted octanol–water partition coefficient (Wildman–Crippen LogP) is 0.626.